The summed E-state index contributed by atoms with van der Waals surface area (Å²) in [6, 6.07) is 11.1. The normalized spacial score (nSPS) is 23.2. The molecule has 6 nitrogen and oxygen atoms in total. The molecule has 0 radical (unpaired) electrons. The first-order valence-electron chi connectivity index (χ1n) is 10.1. The van der Waals surface area contributed by atoms with Gasteiger partial charge in [0.25, 0.3) is 0 Å². The Bertz CT molecular complexity index is 933. The zero-order valence-electron chi connectivity index (χ0n) is 16.6. The van der Waals surface area contributed by atoms with Gasteiger partial charge in [-0.1, -0.05) is 29.8 Å². The molecule has 0 spiro atoms. The molecule has 4 rings (SSSR count). The van der Waals surface area contributed by atoms with Gasteiger partial charge in [-0.25, -0.2) is 0 Å². The minimum absolute atomic E-state index is 0.0243. The molecule has 1 aliphatic carbocycles. The third kappa shape index (κ3) is 5.34. The molecule has 164 valence electrons. The molecular weight excluding hydrogens is 411 g/mol. The SMILES string of the molecule is O=C(NCc1ccc(OC(F)(F)F)cc1)[C@@H]1CCC[C@H]1C1=NOC(c2ccccn2)C1. The molecule has 1 amide bonds. The second kappa shape index (κ2) is 8.95. The molecule has 1 fully saturated rings. The molecule has 1 saturated carbocycles. The molecule has 2 aliphatic rings. The van der Waals surface area contributed by atoms with Crippen LogP contribution in [0.2, 0.25) is 0 Å². The number of halogens is 3. The third-order valence-electron chi connectivity index (χ3n) is 5.61. The number of oxime groups is 1. The lowest BCUT2D eigenvalue weighted by molar-refractivity contribution is -0.274. The predicted molar refractivity (Wildman–Crippen MR) is 106 cm³/mol. The van der Waals surface area contributed by atoms with Gasteiger partial charge < -0.3 is 14.9 Å². The van der Waals surface area contributed by atoms with Gasteiger partial charge in [-0.2, -0.15) is 0 Å². The Labute approximate surface area is 177 Å². The van der Waals surface area contributed by atoms with E-state index in [1.54, 1.807) is 6.20 Å². The highest BCUT2D eigenvalue weighted by Gasteiger charge is 2.39. The predicted octanol–water partition coefficient (Wildman–Crippen LogP) is 4.53. The number of benzene rings is 1. The van der Waals surface area contributed by atoms with E-state index in [-0.39, 0.29) is 36.1 Å². The Morgan fingerprint density at radius 3 is 2.68 bits per heavy atom. The van der Waals surface area contributed by atoms with Crippen LogP contribution in [0.15, 0.2) is 53.8 Å². The summed E-state index contributed by atoms with van der Waals surface area (Å²) >= 11 is 0. The quantitative estimate of drug-likeness (QED) is 0.727. The number of alkyl halides is 3. The number of hydrogen-bond acceptors (Lipinski definition) is 5. The van der Waals surface area contributed by atoms with Crippen molar-refractivity contribution >= 4 is 11.6 Å². The maximum atomic E-state index is 12.8. The highest BCUT2D eigenvalue weighted by molar-refractivity contribution is 5.93. The van der Waals surface area contributed by atoms with Gasteiger partial charge in [0.1, 0.15) is 5.75 Å². The van der Waals surface area contributed by atoms with Crippen LogP contribution in [0, 0.1) is 11.8 Å². The van der Waals surface area contributed by atoms with Crippen LogP contribution in [0.3, 0.4) is 0 Å². The summed E-state index contributed by atoms with van der Waals surface area (Å²) in [4.78, 5) is 22.7. The van der Waals surface area contributed by atoms with Crippen LogP contribution in [0.25, 0.3) is 0 Å². The van der Waals surface area contributed by atoms with Crippen molar-refractivity contribution in [3.63, 3.8) is 0 Å². The molecule has 2 aromatic rings. The molecule has 0 saturated heterocycles. The minimum Gasteiger partial charge on any atom is -0.406 e. The van der Waals surface area contributed by atoms with Crippen LogP contribution >= 0.6 is 0 Å². The number of pyridine rings is 1. The van der Waals surface area contributed by atoms with E-state index in [9.17, 15) is 18.0 Å². The van der Waals surface area contributed by atoms with Crippen LogP contribution in [0.1, 0.15) is 43.0 Å². The van der Waals surface area contributed by atoms with Crippen molar-refractivity contribution in [2.75, 3.05) is 0 Å². The molecule has 1 unspecified atom stereocenters. The standard InChI is InChI=1S/C22H22F3N3O3/c23-22(24,25)30-15-9-7-14(8-10-15)13-27-21(29)17-5-3-4-16(17)19-12-20(31-28-19)18-6-1-2-11-26-18/h1-2,6-11,16-17,20H,3-5,12-13H2,(H,27,29)/t16-,17-,20?/m1/s1. The van der Waals surface area contributed by atoms with Crippen LogP contribution in [0.5, 0.6) is 5.75 Å². The highest BCUT2D eigenvalue weighted by atomic mass is 19.4. The van der Waals surface area contributed by atoms with Crippen molar-refractivity contribution in [1.29, 1.82) is 0 Å². The fourth-order valence-electron chi connectivity index (χ4n) is 4.14. The molecule has 1 N–H and O–H groups in total. The van der Waals surface area contributed by atoms with E-state index in [1.165, 1.54) is 24.3 Å². The summed E-state index contributed by atoms with van der Waals surface area (Å²) < 4.78 is 40.6. The highest BCUT2D eigenvalue weighted by Crippen LogP contribution is 2.38. The summed E-state index contributed by atoms with van der Waals surface area (Å²) in [5.41, 5.74) is 2.40. The number of carbonyl (C=O) groups excluding carboxylic acids is 1. The largest absolute Gasteiger partial charge is 0.573 e. The lowest BCUT2D eigenvalue weighted by Crippen LogP contribution is -2.34. The fourth-order valence-corrected chi connectivity index (χ4v) is 4.14. The summed E-state index contributed by atoms with van der Waals surface area (Å²) in [6.45, 7) is 0.230. The van der Waals surface area contributed by atoms with Crippen LogP contribution < -0.4 is 10.1 Å². The zero-order chi connectivity index (χ0) is 21.8. The van der Waals surface area contributed by atoms with E-state index < -0.39 is 6.36 Å². The number of nitrogens with zero attached hydrogens (tertiary/aromatic N) is 2. The van der Waals surface area contributed by atoms with E-state index in [1.807, 2.05) is 18.2 Å². The third-order valence-corrected chi connectivity index (χ3v) is 5.61. The fraction of sp³-hybridized carbons (Fsp3) is 0.409. The molecule has 1 aromatic carbocycles. The van der Waals surface area contributed by atoms with Gasteiger partial charge in [-0.05, 0) is 42.7 Å². The number of nitrogens with one attached hydrogen (secondary N) is 1. The lowest BCUT2D eigenvalue weighted by atomic mass is 9.88. The first-order chi connectivity index (χ1) is 14.9. The molecule has 0 bridgehead atoms. The number of rotatable bonds is 6. The number of ether oxygens (including phenoxy) is 1. The Morgan fingerprint density at radius 1 is 1.16 bits per heavy atom. The van der Waals surface area contributed by atoms with Crippen LogP contribution in [-0.4, -0.2) is 23.0 Å². The Hall–Kier alpha value is -3.10. The topological polar surface area (TPSA) is 72.8 Å². The molecular formula is C22H22F3N3O3. The summed E-state index contributed by atoms with van der Waals surface area (Å²) in [6.07, 6.45) is -0.0513. The minimum atomic E-state index is -4.73. The Balaban J connectivity index is 1.31. The summed E-state index contributed by atoms with van der Waals surface area (Å²) in [7, 11) is 0. The monoisotopic (exact) mass is 433 g/mol. The van der Waals surface area contributed by atoms with Gasteiger partial charge in [0.2, 0.25) is 5.91 Å². The second-order valence-electron chi connectivity index (χ2n) is 7.69. The number of carbonyl (C=O) groups is 1. The smallest absolute Gasteiger partial charge is 0.406 e. The first-order valence-corrected chi connectivity index (χ1v) is 10.1. The van der Waals surface area contributed by atoms with E-state index >= 15 is 0 Å². The van der Waals surface area contributed by atoms with Gasteiger partial charge in [0, 0.05) is 31.0 Å². The Kier molecular flexibility index (Phi) is 6.11. The molecule has 3 atom stereocenters. The van der Waals surface area contributed by atoms with E-state index in [2.05, 4.69) is 20.2 Å². The van der Waals surface area contributed by atoms with Gasteiger partial charge in [-0.3, -0.25) is 9.78 Å². The first kappa shape index (κ1) is 21.1. The molecule has 1 aliphatic heterocycles. The maximum Gasteiger partial charge on any atom is 0.573 e. The average molecular weight is 433 g/mol. The number of hydrogen-bond donors (Lipinski definition) is 1. The molecule has 1 aromatic heterocycles. The van der Waals surface area contributed by atoms with E-state index in [4.69, 9.17) is 4.84 Å². The van der Waals surface area contributed by atoms with Gasteiger partial charge >= 0.3 is 6.36 Å². The van der Waals surface area contributed by atoms with Crippen molar-refractivity contribution in [1.82, 2.24) is 10.3 Å². The van der Waals surface area contributed by atoms with Crippen molar-refractivity contribution in [3.05, 3.63) is 59.9 Å². The zero-order valence-corrected chi connectivity index (χ0v) is 16.6. The van der Waals surface area contributed by atoms with Crippen molar-refractivity contribution in [3.8, 4) is 5.75 Å². The van der Waals surface area contributed by atoms with Crippen molar-refractivity contribution < 1.29 is 27.5 Å². The van der Waals surface area contributed by atoms with E-state index in [0.29, 0.717) is 12.0 Å². The maximum absolute atomic E-state index is 12.8. The molecule has 9 heteroatoms. The van der Waals surface area contributed by atoms with Gasteiger partial charge in [-0.15, -0.1) is 13.2 Å². The summed E-state index contributed by atoms with van der Waals surface area (Å²) in [5.74, 6) is -0.545. The molecule has 2 heterocycles. The van der Waals surface area contributed by atoms with Crippen molar-refractivity contribution in [2.45, 2.75) is 44.7 Å². The van der Waals surface area contributed by atoms with Crippen LogP contribution in [0.4, 0.5) is 13.2 Å². The van der Waals surface area contributed by atoms with Crippen molar-refractivity contribution in [2.24, 2.45) is 17.0 Å². The Morgan fingerprint density at radius 2 is 1.97 bits per heavy atom. The summed E-state index contributed by atoms with van der Waals surface area (Å²) in [5, 5.41) is 7.15. The number of amides is 1. The average Bonchev–Trinajstić information content (AvgIpc) is 3.42. The van der Waals surface area contributed by atoms with Crippen LogP contribution in [-0.2, 0) is 16.2 Å². The molecule has 31 heavy (non-hydrogen) atoms. The lowest BCUT2D eigenvalue weighted by Gasteiger charge is -2.19. The second-order valence-corrected chi connectivity index (χ2v) is 7.69. The van der Waals surface area contributed by atoms with Gasteiger partial charge in [0.05, 0.1) is 11.4 Å². The van der Waals surface area contributed by atoms with Gasteiger partial charge in [0.15, 0.2) is 6.10 Å². The van der Waals surface area contributed by atoms with E-state index in [0.717, 1.165) is 30.7 Å². The number of aromatic nitrogens is 1.